The Morgan fingerprint density at radius 1 is 1.04 bits per heavy atom. The minimum atomic E-state index is -0.123. The van der Waals surface area contributed by atoms with Crippen LogP contribution in [-0.4, -0.2) is 18.4 Å². The largest absolute Gasteiger partial charge is 0.384 e. The van der Waals surface area contributed by atoms with E-state index in [0.717, 1.165) is 16.8 Å². The number of carbonyl (C=O) groups excluding carboxylic acids is 2. The summed E-state index contributed by atoms with van der Waals surface area (Å²) in [6, 6.07) is 11.2. The Labute approximate surface area is 152 Å². The molecule has 0 radical (unpaired) electrons. The fraction of sp³-hybridized carbons (Fsp3) is 0.263. The first-order chi connectivity index (χ1) is 11.8. The molecule has 0 saturated carbocycles. The molecule has 0 aliphatic rings. The quantitative estimate of drug-likeness (QED) is 0.717. The molecule has 0 fully saturated rings. The number of aryl methyl sites for hydroxylation is 2. The van der Waals surface area contributed by atoms with Crippen LogP contribution in [0.15, 0.2) is 36.4 Å². The molecule has 6 heteroatoms. The summed E-state index contributed by atoms with van der Waals surface area (Å²) in [4.78, 5) is 23.2. The van der Waals surface area contributed by atoms with Gasteiger partial charge in [0, 0.05) is 31.3 Å². The van der Waals surface area contributed by atoms with E-state index < -0.39 is 0 Å². The number of halogens is 1. The van der Waals surface area contributed by atoms with E-state index in [9.17, 15) is 9.59 Å². The molecule has 0 spiro atoms. The molecule has 132 valence electrons. The molecule has 2 aromatic rings. The van der Waals surface area contributed by atoms with Crippen LogP contribution < -0.4 is 16.0 Å². The second kappa shape index (κ2) is 8.53. The fourth-order valence-electron chi connectivity index (χ4n) is 2.51. The second-order valence-corrected chi connectivity index (χ2v) is 6.33. The van der Waals surface area contributed by atoms with Gasteiger partial charge in [0.15, 0.2) is 0 Å². The SMILES string of the molecule is CC(=O)Nc1cccc(NCCC(=O)Nc2c(C)cc(C)cc2Cl)c1. The summed E-state index contributed by atoms with van der Waals surface area (Å²) in [7, 11) is 0. The first-order valence-corrected chi connectivity index (χ1v) is 8.41. The lowest BCUT2D eigenvalue weighted by Crippen LogP contribution is -2.17. The van der Waals surface area contributed by atoms with Gasteiger partial charge in [-0.05, 0) is 49.2 Å². The maximum Gasteiger partial charge on any atom is 0.226 e. The average Bonchev–Trinajstić information content (AvgIpc) is 2.50. The molecular formula is C19H22ClN3O2. The number of rotatable bonds is 6. The van der Waals surface area contributed by atoms with Crippen LogP contribution in [0.25, 0.3) is 0 Å². The van der Waals surface area contributed by atoms with Crippen LogP contribution in [0.5, 0.6) is 0 Å². The maximum absolute atomic E-state index is 12.1. The Balaban J connectivity index is 1.88. The zero-order chi connectivity index (χ0) is 18.4. The van der Waals surface area contributed by atoms with Gasteiger partial charge in [0.1, 0.15) is 0 Å². The van der Waals surface area contributed by atoms with Crippen molar-refractivity contribution in [2.75, 3.05) is 22.5 Å². The van der Waals surface area contributed by atoms with Gasteiger partial charge in [-0.25, -0.2) is 0 Å². The normalized spacial score (nSPS) is 10.2. The van der Waals surface area contributed by atoms with Crippen LogP contribution in [0.1, 0.15) is 24.5 Å². The van der Waals surface area contributed by atoms with Crippen molar-refractivity contribution in [3.05, 3.63) is 52.5 Å². The monoisotopic (exact) mass is 359 g/mol. The predicted octanol–water partition coefficient (Wildman–Crippen LogP) is 4.36. The molecule has 0 unspecified atom stereocenters. The van der Waals surface area contributed by atoms with Crippen molar-refractivity contribution in [2.45, 2.75) is 27.2 Å². The Hall–Kier alpha value is -2.53. The van der Waals surface area contributed by atoms with Gasteiger partial charge in [0.25, 0.3) is 0 Å². The average molecular weight is 360 g/mol. The number of carbonyl (C=O) groups is 2. The van der Waals surface area contributed by atoms with Crippen molar-refractivity contribution < 1.29 is 9.59 Å². The Morgan fingerprint density at radius 2 is 1.76 bits per heavy atom. The van der Waals surface area contributed by atoms with Crippen molar-refractivity contribution >= 4 is 40.5 Å². The number of nitrogens with one attached hydrogen (secondary N) is 3. The molecule has 0 aliphatic heterocycles. The van der Waals surface area contributed by atoms with Crippen LogP contribution >= 0.6 is 11.6 Å². The Kier molecular flexibility index (Phi) is 6.42. The van der Waals surface area contributed by atoms with Crippen LogP contribution in [0.3, 0.4) is 0 Å². The fourth-order valence-corrected chi connectivity index (χ4v) is 2.87. The third-order valence-electron chi connectivity index (χ3n) is 3.56. The van der Waals surface area contributed by atoms with Crippen LogP contribution in [0.2, 0.25) is 5.02 Å². The highest BCUT2D eigenvalue weighted by Gasteiger charge is 2.09. The van der Waals surface area contributed by atoms with Gasteiger partial charge in [0.2, 0.25) is 11.8 Å². The lowest BCUT2D eigenvalue weighted by Gasteiger charge is -2.12. The minimum absolute atomic E-state index is 0.112. The van der Waals surface area contributed by atoms with Gasteiger partial charge in [-0.15, -0.1) is 0 Å². The number of anilines is 3. The zero-order valence-electron chi connectivity index (χ0n) is 14.6. The zero-order valence-corrected chi connectivity index (χ0v) is 15.3. The summed E-state index contributed by atoms with van der Waals surface area (Å²) in [6.07, 6.45) is 0.300. The smallest absolute Gasteiger partial charge is 0.226 e. The van der Waals surface area contributed by atoms with Gasteiger partial charge in [0.05, 0.1) is 10.7 Å². The van der Waals surface area contributed by atoms with Crippen LogP contribution in [0, 0.1) is 13.8 Å². The van der Waals surface area contributed by atoms with Crippen molar-refractivity contribution in [3.63, 3.8) is 0 Å². The second-order valence-electron chi connectivity index (χ2n) is 5.93. The van der Waals surface area contributed by atoms with E-state index in [4.69, 9.17) is 11.6 Å². The van der Waals surface area contributed by atoms with Gasteiger partial charge in [-0.3, -0.25) is 9.59 Å². The number of amides is 2. The lowest BCUT2D eigenvalue weighted by atomic mass is 10.1. The summed E-state index contributed by atoms with van der Waals surface area (Å²) in [6.45, 7) is 5.81. The molecule has 0 atom stereocenters. The molecule has 3 N–H and O–H groups in total. The van der Waals surface area contributed by atoms with Gasteiger partial charge < -0.3 is 16.0 Å². The highest BCUT2D eigenvalue weighted by Crippen LogP contribution is 2.27. The minimum Gasteiger partial charge on any atom is -0.384 e. The summed E-state index contributed by atoms with van der Waals surface area (Å²) in [5.41, 5.74) is 4.20. The first-order valence-electron chi connectivity index (χ1n) is 8.03. The summed E-state index contributed by atoms with van der Waals surface area (Å²) in [5, 5.41) is 9.29. The molecule has 2 rings (SSSR count). The van der Waals surface area contributed by atoms with Crippen molar-refractivity contribution in [3.8, 4) is 0 Å². The van der Waals surface area contributed by atoms with Gasteiger partial charge in [-0.1, -0.05) is 23.7 Å². The van der Waals surface area contributed by atoms with Gasteiger partial charge >= 0.3 is 0 Å². The number of hydrogen-bond donors (Lipinski definition) is 3. The van der Waals surface area contributed by atoms with E-state index in [2.05, 4.69) is 16.0 Å². The molecule has 0 heterocycles. The molecule has 2 amide bonds. The summed E-state index contributed by atoms with van der Waals surface area (Å²) >= 11 is 6.20. The summed E-state index contributed by atoms with van der Waals surface area (Å²) in [5.74, 6) is -0.235. The molecule has 25 heavy (non-hydrogen) atoms. The van der Waals surface area contributed by atoms with E-state index in [0.29, 0.717) is 29.4 Å². The van der Waals surface area contributed by atoms with E-state index in [1.165, 1.54) is 6.92 Å². The molecular weight excluding hydrogens is 338 g/mol. The van der Waals surface area contributed by atoms with Crippen molar-refractivity contribution in [1.82, 2.24) is 0 Å². The van der Waals surface area contributed by atoms with Crippen molar-refractivity contribution in [2.24, 2.45) is 0 Å². The first kappa shape index (κ1) is 18.8. The standard InChI is InChI=1S/C19H22ClN3O2/c1-12-9-13(2)19(17(20)10-12)23-18(25)7-8-21-15-5-4-6-16(11-15)22-14(3)24/h4-6,9-11,21H,7-8H2,1-3H3,(H,22,24)(H,23,25). The molecule has 5 nitrogen and oxygen atoms in total. The van der Waals surface area contributed by atoms with E-state index in [1.807, 2.05) is 44.2 Å². The predicted molar refractivity (Wildman–Crippen MR) is 103 cm³/mol. The Morgan fingerprint density at radius 3 is 2.44 bits per heavy atom. The third kappa shape index (κ3) is 5.80. The molecule has 0 aliphatic carbocycles. The number of benzene rings is 2. The molecule has 0 aromatic heterocycles. The topological polar surface area (TPSA) is 70.2 Å². The number of hydrogen-bond acceptors (Lipinski definition) is 3. The van der Waals surface area contributed by atoms with E-state index in [1.54, 1.807) is 6.07 Å². The summed E-state index contributed by atoms with van der Waals surface area (Å²) < 4.78 is 0. The lowest BCUT2D eigenvalue weighted by molar-refractivity contribution is -0.116. The maximum atomic E-state index is 12.1. The molecule has 0 saturated heterocycles. The van der Waals surface area contributed by atoms with E-state index >= 15 is 0 Å². The van der Waals surface area contributed by atoms with Crippen molar-refractivity contribution in [1.29, 1.82) is 0 Å². The highest BCUT2D eigenvalue weighted by atomic mass is 35.5. The molecule has 0 bridgehead atoms. The van der Waals surface area contributed by atoms with Crippen LogP contribution in [-0.2, 0) is 9.59 Å². The Bertz CT molecular complexity index is 767. The van der Waals surface area contributed by atoms with Gasteiger partial charge in [-0.2, -0.15) is 0 Å². The third-order valence-corrected chi connectivity index (χ3v) is 3.86. The highest BCUT2D eigenvalue weighted by molar-refractivity contribution is 6.34. The molecule has 2 aromatic carbocycles. The van der Waals surface area contributed by atoms with E-state index in [-0.39, 0.29) is 11.8 Å². The van der Waals surface area contributed by atoms with Crippen LogP contribution in [0.4, 0.5) is 17.1 Å².